The van der Waals surface area contributed by atoms with E-state index >= 15 is 0 Å². The molecule has 0 spiro atoms. The summed E-state index contributed by atoms with van der Waals surface area (Å²) in [6.07, 6.45) is -0.428. The highest BCUT2D eigenvalue weighted by atomic mass is 16.5. The predicted molar refractivity (Wildman–Crippen MR) is 76.1 cm³/mol. The topological polar surface area (TPSA) is 79.8 Å². The number of aliphatic hydroxyl groups is 1. The molecule has 0 bridgehead atoms. The molecule has 1 atom stereocenters. The molecule has 0 heterocycles. The Balaban J connectivity index is 2.62. The van der Waals surface area contributed by atoms with Crippen LogP contribution < -0.4 is 20.1 Å². The normalized spacial score (nSPS) is 11.8. The first-order valence-electron chi connectivity index (χ1n) is 6.43. The van der Waals surface area contributed by atoms with Gasteiger partial charge in [0, 0.05) is 25.6 Å². The van der Waals surface area contributed by atoms with E-state index in [1.54, 1.807) is 39.5 Å². The molecular weight excluding hydrogens is 260 g/mol. The molecule has 20 heavy (non-hydrogen) atoms. The third kappa shape index (κ3) is 5.07. The van der Waals surface area contributed by atoms with Crippen molar-refractivity contribution in [2.24, 2.45) is 0 Å². The number of ether oxygens (including phenoxy) is 2. The minimum atomic E-state index is -0.808. The van der Waals surface area contributed by atoms with Crippen LogP contribution in [0.25, 0.3) is 0 Å². The van der Waals surface area contributed by atoms with Gasteiger partial charge in [0.05, 0.1) is 20.3 Å². The number of hydrogen-bond donors (Lipinski definition) is 3. The summed E-state index contributed by atoms with van der Waals surface area (Å²) in [4.78, 5) is 11.5. The molecule has 0 aromatic heterocycles. The lowest BCUT2D eigenvalue weighted by Crippen LogP contribution is -2.30. The number of amides is 1. The fourth-order valence-electron chi connectivity index (χ4n) is 1.68. The van der Waals surface area contributed by atoms with Gasteiger partial charge in [0.1, 0.15) is 11.5 Å². The van der Waals surface area contributed by atoms with Crippen molar-refractivity contribution in [3.8, 4) is 11.5 Å². The van der Waals surface area contributed by atoms with Crippen LogP contribution in [0.4, 0.5) is 0 Å². The van der Waals surface area contributed by atoms with Gasteiger partial charge in [0.25, 0.3) is 0 Å². The molecule has 6 heteroatoms. The van der Waals surface area contributed by atoms with E-state index in [1.165, 1.54) is 0 Å². The minimum Gasteiger partial charge on any atom is -0.497 e. The number of nitrogens with one attached hydrogen (secondary N) is 2. The Bertz CT molecular complexity index is 415. The van der Waals surface area contributed by atoms with Crippen LogP contribution in [0.1, 0.15) is 18.1 Å². The van der Waals surface area contributed by atoms with Crippen LogP contribution in [0.3, 0.4) is 0 Å². The summed E-state index contributed by atoms with van der Waals surface area (Å²) in [6, 6.07) is 5.15. The zero-order valence-corrected chi connectivity index (χ0v) is 12.1. The number of rotatable bonds is 8. The highest BCUT2D eigenvalue weighted by Gasteiger charge is 2.12. The number of carbonyl (C=O) groups is 1. The van der Waals surface area contributed by atoms with E-state index in [0.29, 0.717) is 30.0 Å². The first-order chi connectivity index (χ1) is 9.60. The van der Waals surface area contributed by atoms with Crippen LogP contribution >= 0.6 is 0 Å². The quantitative estimate of drug-likeness (QED) is 0.645. The SMILES string of the molecule is CNCCC(=O)NCC(O)c1cc(OC)cc(OC)c1. The summed E-state index contributed by atoms with van der Waals surface area (Å²) in [5.41, 5.74) is 0.634. The van der Waals surface area contributed by atoms with E-state index in [4.69, 9.17) is 9.47 Å². The highest BCUT2D eigenvalue weighted by molar-refractivity contribution is 5.76. The fourth-order valence-corrected chi connectivity index (χ4v) is 1.68. The van der Waals surface area contributed by atoms with Crippen molar-refractivity contribution in [2.75, 3.05) is 34.4 Å². The van der Waals surface area contributed by atoms with Gasteiger partial charge in [-0.1, -0.05) is 0 Å². The maximum absolute atomic E-state index is 11.5. The van der Waals surface area contributed by atoms with Crippen molar-refractivity contribution in [1.82, 2.24) is 10.6 Å². The molecule has 3 N–H and O–H groups in total. The van der Waals surface area contributed by atoms with Crippen LogP contribution in [0, 0.1) is 0 Å². The van der Waals surface area contributed by atoms with Crippen molar-refractivity contribution < 1.29 is 19.4 Å². The molecule has 1 amide bonds. The molecule has 0 fully saturated rings. The van der Waals surface area contributed by atoms with E-state index in [0.717, 1.165) is 0 Å². The monoisotopic (exact) mass is 282 g/mol. The first-order valence-corrected chi connectivity index (χ1v) is 6.43. The number of benzene rings is 1. The zero-order valence-electron chi connectivity index (χ0n) is 12.1. The minimum absolute atomic E-state index is 0.103. The number of aliphatic hydroxyl groups excluding tert-OH is 1. The first kappa shape index (κ1) is 16.3. The maximum atomic E-state index is 11.5. The Labute approximate surface area is 119 Å². The second-order valence-electron chi connectivity index (χ2n) is 4.32. The smallest absolute Gasteiger partial charge is 0.221 e. The Morgan fingerprint density at radius 3 is 2.35 bits per heavy atom. The van der Waals surface area contributed by atoms with Gasteiger partial charge in [-0.2, -0.15) is 0 Å². The molecule has 0 aliphatic carbocycles. The molecule has 0 saturated heterocycles. The molecule has 1 aromatic carbocycles. The van der Waals surface area contributed by atoms with Crippen molar-refractivity contribution >= 4 is 5.91 Å². The van der Waals surface area contributed by atoms with Crippen molar-refractivity contribution in [2.45, 2.75) is 12.5 Å². The van der Waals surface area contributed by atoms with Gasteiger partial charge >= 0.3 is 0 Å². The molecule has 112 valence electrons. The predicted octanol–water partition coefficient (Wildman–Crippen LogP) is 0.463. The molecule has 0 saturated carbocycles. The van der Waals surface area contributed by atoms with E-state index in [9.17, 15) is 9.90 Å². The molecule has 0 aliphatic heterocycles. The second kappa shape index (κ2) is 8.39. The van der Waals surface area contributed by atoms with Crippen LogP contribution in [-0.4, -0.2) is 45.4 Å². The lowest BCUT2D eigenvalue weighted by atomic mass is 10.1. The van der Waals surface area contributed by atoms with Crippen LogP contribution in [0.2, 0.25) is 0 Å². The average molecular weight is 282 g/mol. The summed E-state index contributed by atoms with van der Waals surface area (Å²) < 4.78 is 10.3. The van der Waals surface area contributed by atoms with E-state index in [2.05, 4.69) is 10.6 Å². The molecular formula is C14H22N2O4. The van der Waals surface area contributed by atoms with Gasteiger partial charge in [-0.25, -0.2) is 0 Å². The number of methoxy groups -OCH3 is 2. The number of carbonyl (C=O) groups excluding carboxylic acids is 1. The lowest BCUT2D eigenvalue weighted by Gasteiger charge is -2.14. The van der Waals surface area contributed by atoms with Crippen LogP contribution in [0.5, 0.6) is 11.5 Å². The Kier molecular flexibility index (Phi) is 6.83. The maximum Gasteiger partial charge on any atom is 0.221 e. The molecule has 6 nitrogen and oxygen atoms in total. The summed E-state index contributed by atoms with van der Waals surface area (Å²) in [5, 5.41) is 15.7. The molecule has 0 radical (unpaired) electrons. The van der Waals surface area contributed by atoms with Crippen LogP contribution in [0.15, 0.2) is 18.2 Å². The van der Waals surface area contributed by atoms with E-state index < -0.39 is 6.10 Å². The van der Waals surface area contributed by atoms with Crippen molar-refractivity contribution in [3.63, 3.8) is 0 Å². The molecule has 1 unspecified atom stereocenters. The number of hydrogen-bond acceptors (Lipinski definition) is 5. The third-order valence-corrected chi connectivity index (χ3v) is 2.85. The van der Waals surface area contributed by atoms with Gasteiger partial charge in [0.15, 0.2) is 0 Å². The van der Waals surface area contributed by atoms with Gasteiger partial charge in [-0.05, 0) is 24.7 Å². The van der Waals surface area contributed by atoms with Gasteiger partial charge in [0.2, 0.25) is 5.91 Å². The Hall–Kier alpha value is -1.79. The van der Waals surface area contributed by atoms with Crippen molar-refractivity contribution in [1.29, 1.82) is 0 Å². The van der Waals surface area contributed by atoms with Gasteiger partial charge in [-0.3, -0.25) is 4.79 Å². The van der Waals surface area contributed by atoms with E-state index in [1.807, 2.05) is 0 Å². The second-order valence-corrected chi connectivity index (χ2v) is 4.32. The summed E-state index contributed by atoms with van der Waals surface area (Å²) >= 11 is 0. The van der Waals surface area contributed by atoms with E-state index in [-0.39, 0.29) is 12.5 Å². The van der Waals surface area contributed by atoms with Gasteiger partial charge in [-0.15, -0.1) is 0 Å². The molecule has 1 rings (SSSR count). The molecule has 1 aromatic rings. The standard InChI is InChI=1S/C14H22N2O4/c1-15-5-4-14(18)16-9-13(17)10-6-11(19-2)8-12(7-10)20-3/h6-8,13,15,17H,4-5,9H2,1-3H3,(H,16,18). The third-order valence-electron chi connectivity index (χ3n) is 2.85. The summed E-state index contributed by atoms with van der Waals surface area (Å²) in [6.45, 7) is 0.758. The Morgan fingerprint density at radius 2 is 1.85 bits per heavy atom. The lowest BCUT2D eigenvalue weighted by molar-refractivity contribution is -0.121. The summed E-state index contributed by atoms with van der Waals surface area (Å²) in [5.74, 6) is 1.09. The average Bonchev–Trinajstić information content (AvgIpc) is 2.49. The van der Waals surface area contributed by atoms with Gasteiger partial charge < -0.3 is 25.2 Å². The zero-order chi connectivity index (χ0) is 15.0. The Morgan fingerprint density at radius 1 is 1.25 bits per heavy atom. The largest absolute Gasteiger partial charge is 0.497 e. The fraction of sp³-hybridized carbons (Fsp3) is 0.500. The highest BCUT2D eigenvalue weighted by Crippen LogP contribution is 2.26. The molecule has 0 aliphatic rings. The summed E-state index contributed by atoms with van der Waals surface area (Å²) in [7, 11) is 4.87. The van der Waals surface area contributed by atoms with Crippen LogP contribution in [-0.2, 0) is 4.79 Å². The van der Waals surface area contributed by atoms with Crippen molar-refractivity contribution in [3.05, 3.63) is 23.8 Å².